The van der Waals surface area contributed by atoms with Gasteiger partial charge in [-0.05, 0) is 37.1 Å². The van der Waals surface area contributed by atoms with Crippen molar-refractivity contribution in [1.82, 2.24) is 25.1 Å². The lowest BCUT2D eigenvalue weighted by atomic mass is 9.97. The van der Waals surface area contributed by atoms with Gasteiger partial charge >= 0.3 is 0 Å². The summed E-state index contributed by atoms with van der Waals surface area (Å²) < 4.78 is 13.1. The molecule has 1 atom stereocenters. The first kappa shape index (κ1) is 22.6. The number of anilines is 1. The van der Waals surface area contributed by atoms with E-state index in [9.17, 15) is 9.18 Å². The van der Waals surface area contributed by atoms with Crippen LogP contribution < -0.4 is 10.2 Å². The van der Waals surface area contributed by atoms with Gasteiger partial charge in [-0.3, -0.25) is 9.69 Å². The van der Waals surface area contributed by atoms with Crippen molar-refractivity contribution in [3.8, 4) is 11.1 Å². The number of hydrogen-bond donors (Lipinski definition) is 1. The molecule has 2 aliphatic heterocycles. The third-order valence-corrected chi connectivity index (χ3v) is 6.53. The molecular weight excluding hydrogens is 407 g/mol. The van der Waals surface area contributed by atoms with Gasteiger partial charge in [0, 0.05) is 70.3 Å². The molecule has 0 spiro atoms. The Balaban J connectivity index is 1.25. The molecule has 2 aliphatic rings. The fraction of sp³-hybridized carbons (Fsp3) is 0.542. The van der Waals surface area contributed by atoms with E-state index >= 15 is 0 Å². The highest BCUT2D eigenvalue weighted by Gasteiger charge is 2.27. The second kappa shape index (κ2) is 10.8. The van der Waals surface area contributed by atoms with Crippen LogP contribution in [0.4, 0.5) is 10.3 Å². The van der Waals surface area contributed by atoms with Crippen molar-refractivity contribution < 1.29 is 9.18 Å². The third-order valence-electron chi connectivity index (χ3n) is 6.53. The largest absolute Gasteiger partial charge is 0.355 e. The molecule has 3 heterocycles. The minimum Gasteiger partial charge on any atom is -0.355 e. The highest BCUT2D eigenvalue weighted by Crippen LogP contribution is 2.23. The summed E-state index contributed by atoms with van der Waals surface area (Å²) in [7, 11) is 0. The molecule has 0 saturated carbocycles. The van der Waals surface area contributed by atoms with Crippen LogP contribution in [0, 0.1) is 11.7 Å². The number of benzene rings is 1. The van der Waals surface area contributed by atoms with E-state index in [0.29, 0.717) is 19.0 Å². The lowest BCUT2D eigenvalue weighted by molar-refractivity contribution is -0.125. The summed E-state index contributed by atoms with van der Waals surface area (Å²) in [5.74, 6) is 0.469. The summed E-state index contributed by atoms with van der Waals surface area (Å²) in [5.41, 5.74) is 1.73. The minimum atomic E-state index is -0.261. The van der Waals surface area contributed by atoms with Gasteiger partial charge in [0.05, 0.1) is 5.92 Å². The average molecular weight is 441 g/mol. The maximum Gasteiger partial charge on any atom is 0.225 e. The molecule has 7 nitrogen and oxygen atoms in total. The average Bonchev–Trinajstić information content (AvgIpc) is 2.85. The quantitative estimate of drug-likeness (QED) is 0.713. The van der Waals surface area contributed by atoms with Gasteiger partial charge in [-0.15, -0.1) is 0 Å². The van der Waals surface area contributed by atoms with E-state index in [4.69, 9.17) is 0 Å². The van der Waals surface area contributed by atoms with Crippen molar-refractivity contribution in [2.75, 3.05) is 63.8 Å². The van der Waals surface area contributed by atoms with E-state index in [2.05, 4.69) is 36.9 Å². The summed E-state index contributed by atoms with van der Waals surface area (Å²) in [6.07, 6.45) is 5.36. The number of carbonyl (C=O) groups excluding carboxylic acids is 1. The second-order valence-corrected chi connectivity index (χ2v) is 8.63. The SMILES string of the molecule is CCN1CCN(CCNC(=O)[C@H]2CCCN(c3ncc(-c4ccc(F)cc4)cn3)C2)CC1. The van der Waals surface area contributed by atoms with Gasteiger partial charge in [0.2, 0.25) is 11.9 Å². The molecule has 1 N–H and O–H groups in total. The number of aromatic nitrogens is 2. The molecule has 1 aromatic heterocycles. The van der Waals surface area contributed by atoms with Crippen LogP contribution in [0.15, 0.2) is 36.7 Å². The number of piperidine rings is 1. The summed E-state index contributed by atoms with van der Waals surface area (Å²) in [5, 5.41) is 3.14. The van der Waals surface area contributed by atoms with E-state index in [1.807, 2.05) is 0 Å². The smallest absolute Gasteiger partial charge is 0.225 e. The Labute approximate surface area is 189 Å². The summed E-state index contributed by atoms with van der Waals surface area (Å²) in [4.78, 5) is 28.7. The summed E-state index contributed by atoms with van der Waals surface area (Å²) >= 11 is 0. The Morgan fingerprint density at radius 1 is 1.03 bits per heavy atom. The molecule has 2 fully saturated rings. The van der Waals surface area contributed by atoms with Crippen LogP contribution in [-0.2, 0) is 4.79 Å². The topological polar surface area (TPSA) is 64.6 Å². The fourth-order valence-corrected chi connectivity index (χ4v) is 4.46. The summed E-state index contributed by atoms with van der Waals surface area (Å²) in [6, 6.07) is 6.31. The number of likely N-dealkylation sites (N-methyl/N-ethyl adjacent to an activating group) is 1. The lowest BCUT2D eigenvalue weighted by Crippen LogP contribution is -2.49. The van der Waals surface area contributed by atoms with E-state index < -0.39 is 0 Å². The maximum absolute atomic E-state index is 13.1. The fourth-order valence-electron chi connectivity index (χ4n) is 4.46. The number of nitrogens with zero attached hydrogens (tertiary/aromatic N) is 5. The van der Waals surface area contributed by atoms with Gasteiger partial charge in [-0.2, -0.15) is 0 Å². The zero-order valence-corrected chi connectivity index (χ0v) is 18.8. The monoisotopic (exact) mass is 440 g/mol. The maximum atomic E-state index is 13.1. The highest BCUT2D eigenvalue weighted by molar-refractivity contribution is 5.79. The molecule has 32 heavy (non-hydrogen) atoms. The second-order valence-electron chi connectivity index (χ2n) is 8.63. The molecular formula is C24H33FN6O. The first-order valence-corrected chi connectivity index (χ1v) is 11.7. The number of hydrogen-bond acceptors (Lipinski definition) is 6. The van der Waals surface area contributed by atoms with Crippen LogP contribution in [0.2, 0.25) is 0 Å². The van der Waals surface area contributed by atoms with Crippen molar-refractivity contribution >= 4 is 11.9 Å². The Kier molecular flexibility index (Phi) is 7.65. The van der Waals surface area contributed by atoms with Crippen molar-refractivity contribution in [1.29, 1.82) is 0 Å². The molecule has 1 aromatic carbocycles. The predicted molar refractivity (Wildman–Crippen MR) is 124 cm³/mol. The summed E-state index contributed by atoms with van der Waals surface area (Å²) in [6.45, 7) is 10.8. The Hall–Kier alpha value is -2.58. The van der Waals surface area contributed by atoms with E-state index in [1.54, 1.807) is 24.5 Å². The number of piperazine rings is 1. The van der Waals surface area contributed by atoms with Crippen LogP contribution in [0.5, 0.6) is 0 Å². The predicted octanol–water partition coefficient (Wildman–Crippen LogP) is 2.25. The van der Waals surface area contributed by atoms with Gasteiger partial charge in [0.25, 0.3) is 0 Å². The standard InChI is InChI=1S/C24H33FN6O/c1-2-29-12-14-30(15-13-29)11-9-26-23(32)20-4-3-10-31(18-20)24-27-16-21(17-28-24)19-5-7-22(25)8-6-19/h5-8,16-17,20H,2-4,9-15,18H2,1H3,(H,26,32)/t20-/m0/s1. The van der Waals surface area contributed by atoms with Gasteiger partial charge < -0.3 is 15.1 Å². The lowest BCUT2D eigenvalue weighted by Gasteiger charge is -2.34. The number of amides is 1. The molecule has 0 aliphatic carbocycles. The first-order valence-electron chi connectivity index (χ1n) is 11.7. The number of nitrogens with one attached hydrogen (secondary N) is 1. The molecule has 8 heteroatoms. The molecule has 0 radical (unpaired) electrons. The van der Waals surface area contributed by atoms with Crippen LogP contribution in [-0.4, -0.2) is 84.6 Å². The first-order chi connectivity index (χ1) is 15.6. The van der Waals surface area contributed by atoms with Crippen LogP contribution >= 0.6 is 0 Å². The minimum absolute atomic E-state index is 0.0407. The molecule has 172 valence electrons. The van der Waals surface area contributed by atoms with E-state index in [-0.39, 0.29) is 17.6 Å². The van der Waals surface area contributed by atoms with Crippen molar-refractivity contribution in [2.45, 2.75) is 19.8 Å². The molecule has 0 bridgehead atoms. The zero-order valence-electron chi connectivity index (χ0n) is 18.8. The van der Waals surface area contributed by atoms with Gasteiger partial charge in [-0.1, -0.05) is 19.1 Å². The van der Waals surface area contributed by atoms with Crippen LogP contribution in [0.1, 0.15) is 19.8 Å². The highest BCUT2D eigenvalue weighted by atomic mass is 19.1. The zero-order chi connectivity index (χ0) is 22.3. The van der Waals surface area contributed by atoms with Crippen molar-refractivity contribution in [2.24, 2.45) is 5.92 Å². The molecule has 2 saturated heterocycles. The van der Waals surface area contributed by atoms with E-state index in [1.165, 1.54) is 12.1 Å². The number of rotatable bonds is 7. The van der Waals surface area contributed by atoms with Gasteiger partial charge in [0.1, 0.15) is 5.82 Å². The van der Waals surface area contributed by atoms with Crippen LogP contribution in [0.25, 0.3) is 11.1 Å². The van der Waals surface area contributed by atoms with Gasteiger partial charge in [0.15, 0.2) is 0 Å². The van der Waals surface area contributed by atoms with Crippen LogP contribution in [0.3, 0.4) is 0 Å². The Morgan fingerprint density at radius 2 is 1.72 bits per heavy atom. The number of halogens is 1. The van der Waals surface area contributed by atoms with Crippen molar-refractivity contribution in [3.63, 3.8) is 0 Å². The normalized spacial score (nSPS) is 20.3. The molecule has 1 amide bonds. The molecule has 2 aromatic rings. The Bertz CT molecular complexity index is 867. The molecule has 0 unspecified atom stereocenters. The van der Waals surface area contributed by atoms with E-state index in [0.717, 1.165) is 69.8 Å². The van der Waals surface area contributed by atoms with Gasteiger partial charge in [-0.25, -0.2) is 14.4 Å². The third kappa shape index (κ3) is 5.81. The Morgan fingerprint density at radius 3 is 2.41 bits per heavy atom. The van der Waals surface area contributed by atoms with Crippen molar-refractivity contribution in [3.05, 3.63) is 42.5 Å². The number of carbonyl (C=O) groups is 1. The molecule has 4 rings (SSSR count).